The van der Waals surface area contributed by atoms with E-state index < -0.39 is 0 Å². The van der Waals surface area contributed by atoms with E-state index in [0.29, 0.717) is 22.4 Å². The molecular formula is C22H25FN4O3S. The van der Waals surface area contributed by atoms with Crippen LogP contribution in [0.4, 0.5) is 4.39 Å². The largest absolute Gasteiger partial charge is 0.497 e. The quantitative estimate of drug-likeness (QED) is 0.469. The van der Waals surface area contributed by atoms with Crippen molar-refractivity contribution in [3.8, 4) is 17.2 Å². The zero-order valence-electron chi connectivity index (χ0n) is 17.4. The number of benzene rings is 2. The van der Waals surface area contributed by atoms with Crippen molar-refractivity contribution in [2.75, 3.05) is 45.7 Å². The first kappa shape index (κ1) is 21.6. The van der Waals surface area contributed by atoms with Crippen LogP contribution in [0.15, 0.2) is 53.7 Å². The Balaban J connectivity index is 1.49. The van der Waals surface area contributed by atoms with Gasteiger partial charge in [0, 0.05) is 25.4 Å². The minimum Gasteiger partial charge on any atom is -0.497 e. The second-order valence-corrected chi connectivity index (χ2v) is 8.01. The molecule has 3 aromatic rings. The first-order valence-corrected chi connectivity index (χ1v) is 11.1. The monoisotopic (exact) mass is 444 g/mol. The minimum absolute atomic E-state index is 0.164. The number of ether oxygens (including phenoxy) is 3. The summed E-state index contributed by atoms with van der Waals surface area (Å²) in [4.78, 5) is 2.36. The summed E-state index contributed by atoms with van der Waals surface area (Å²) in [5.74, 6) is 2.45. The number of halogens is 1. The highest BCUT2D eigenvalue weighted by molar-refractivity contribution is 7.99. The van der Waals surface area contributed by atoms with Crippen LogP contribution in [0.25, 0.3) is 5.69 Å². The summed E-state index contributed by atoms with van der Waals surface area (Å²) < 4.78 is 32.8. The van der Waals surface area contributed by atoms with E-state index in [9.17, 15) is 4.39 Å². The molecule has 31 heavy (non-hydrogen) atoms. The van der Waals surface area contributed by atoms with Gasteiger partial charge in [0.1, 0.15) is 23.9 Å². The summed E-state index contributed by atoms with van der Waals surface area (Å²) >= 11 is 1.56. The van der Waals surface area contributed by atoms with Crippen LogP contribution in [0.1, 0.15) is 5.82 Å². The highest BCUT2D eigenvalue weighted by atomic mass is 32.2. The first-order valence-electron chi connectivity index (χ1n) is 10.1. The van der Waals surface area contributed by atoms with Crippen molar-refractivity contribution in [3.63, 3.8) is 0 Å². The van der Waals surface area contributed by atoms with Crippen molar-refractivity contribution < 1.29 is 18.6 Å². The van der Waals surface area contributed by atoms with Gasteiger partial charge in [0.05, 0.1) is 26.0 Å². The Kier molecular flexibility index (Phi) is 7.39. The first-order chi connectivity index (χ1) is 15.2. The maximum absolute atomic E-state index is 14.6. The fourth-order valence-electron chi connectivity index (χ4n) is 3.27. The van der Waals surface area contributed by atoms with Gasteiger partial charge in [-0.2, -0.15) is 0 Å². The topological polar surface area (TPSA) is 61.6 Å². The number of thioether (sulfide) groups is 1. The average Bonchev–Trinajstić information content (AvgIpc) is 3.21. The van der Waals surface area contributed by atoms with Crippen molar-refractivity contribution in [3.05, 3.63) is 60.2 Å². The molecule has 1 aromatic heterocycles. The summed E-state index contributed by atoms with van der Waals surface area (Å²) in [7, 11) is 1.62. The maximum atomic E-state index is 14.6. The Bertz CT molecular complexity index is 977. The molecule has 0 atom stereocenters. The Labute approximate surface area is 185 Å². The van der Waals surface area contributed by atoms with Crippen molar-refractivity contribution in [1.29, 1.82) is 0 Å². The molecule has 0 N–H and O–H groups in total. The van der Waals surface area contributed by atoms with Gasteiger partial charge < -0.3 is 14.2 Å². The van der Waals surface area contributed by atoms with Crippen LogP contribution in [0.5, 0.6) is 11.5 Å². The van der Waals surface area contributed by atoms with Gasteiger partial charge in [-0.3, -0.25) is 9.47 Å². The predicted molar refractivity (Wildman–Crippen MR) is 117 cm³/mol. The Morgan fingerprint density at radius 3 is 2.52 bits per heavy atom. The van der Waals surface area contributed by atoms with E-state index in [2.05, 4.69) is 15.1 Å². The van der Waals surface area contributed by atoms with Crippen molar-refractivity contribution in [2.24, 2.45) is 0 Å². The van der Waals surface area contributed by atoms with Crippen molar-refractivity contribution in [2.45, 2.75) is 11.8 Å². The molecule has 0 amide bonds. The number of hydrogen-bond donors (Lipinski definition) is 0. The molecule has 4 rings (SSSR count). The summed E-state index contributed by atoms with van der Waals surface area (Å²) in [6.45, 7) is 4.47. The summed E-state index contributed by atoms with van der Waals surface area (Å²) in [5.41, 5.74) is 0.412. The molecule has 9 heteroatoms. The smallest absolute Gasteiger partial charge is 0.196 e. The fraction of sp³-hybridized carbons (Fsp3) is 0.364. The van der Waals surface area contributed by atoms with E-state index in [-0.39, 0.29) is 12.4 Å². The normalized spacial score (nSPS) is 14.5. The Hall–Kier alpha value is -2.62. The molecule has 1 fully saturated rings. The van der Waals surface area contributed by atoms with Gasteiger partial charge in [0.25, 0.3) is 0 Å². The second kappa shape index (κ2) is 10.6. The average molecular weight is 445 g/mol. The van der Waals surface area contributed by atoms with Gasteiger partial charge in [-0.25, -0.2) is 4.39 Å². The van der Waals surface area contributed by atoms with Crippen LogP contribution in [-0.4, -0.2) is 65.4 Å². The zero-order chi connectivity index (χ0) is 21.5. The molecule has 0 radical (unpaired) electrons. The standard InChI is InChI=1S/C22H25FN4O3S/c1-28-17-6-8-18(9-7-17)30-16-21-24-25-22(27(21)20-5-3-2-4-19(20)23)31-15-12-26-10-13-29-14-11-26/h2-9H,10-16H2,1H3. The molecule has 1 saturated heterocycles. The minimum atomic E-state index is -0.331. The number of para-hydroxylation sites is 1. The molecule has 0 unspecified atom stereocenters. The molecule has 7 nitrogen and oxygen atoms in total. The van der Waals surface area contributed by atoms with Crippen LogP contribution in [0.3, 0.4) is 0 Å². The molecule has 0 saturated carbocycles. The van der Waals surface area contributed by atoms with Gasteiger partial charge in [-0.05, 0) is 36.4 Å². The van der Waals surface area contributed by atoms with Crippen LogP contribution in [0.2, 0.25) is 0 Å². The van der Waals surface area contributed by atoms with E-state index in [1.165, 1.54) is 6.07 Å². The molecule has 0 bridgehead atoms. The number of morpholine rings is 1. The Morgan fingerprint density at radius 1 is 1.03 bits per heavy atom. The summed E-state index contributed by atoms with van der Waals surface area (Å²) in [5, 5.41) is 9.26. The lowest BCUT2D eigenvalue weighted by Gasteiger charge is -2.26. The van der Waals surface area contributed by atoms with Gasteiger partial charge >= 0.3 is 0 Å². The van der Waals surface area contributed by atoms with E-state index in [0.717, 1.165) is 44.4 Å². The summed E-state index contributed by atoms with van der Waals surface area (Å²) in [6, 6.07) is 13.9. The van der Waals surface area contributed by atoms with E-state index >= 15 is 0 Å². The third-order valence-electron chi connectivity index (χ3n) is 4.96. The second-order valence-electron chi connectivity index (χ2n) is 6.95. The van der Waals surface area contributed by atoms with Gasteiger partial charge in [0.2, 0.25) is 0 Å². The van der Waals surface area contributed by atoms with Gasteiger partial charge in [-0.1, -0.05) is 23.9 Å². The molecule has 0 aliphatic carbocycles. The molecule has 2 heterocycles. The number of rotatable bonds is 9. The summed E-state index contributed by atoms with van der Waals surface area (Å²) in [6.07, 6.45) is 0. The third-order valence-corrected chi connectivity index (χ3v) is 5.87. The van der Waals surface area contributed by atoms with Crippen LogP contribution in [0, 0.1) is 5.82 Å². The molecule has 0 spiro atoms. The van der Waals surface area contributed by atoms with Gasteiger partial charge in [0.15, 0.2) is 11.0 Å². The van der Waals surface area contributed by atoms with E-state index in [1.54, 1.807) is 41.6 Å². The zero-order valence-corrected chi connectivity index (χ0v) is 18.2. The van der Waals surface area contributed by atoms with Gasteiger partial charge in [-0.15, -0.1) is 10.2 Å². The number of methoxy groups -OCH3 is 1. The maximum Gasteiger partial charge on any atom is 0.196 e. The lowest BCUT2D eigenvalue weighted by Crippen LogP contribution is -2.37. The molecular weight excluding hydrogens is 419 g/mol. The SMILES string of the molecule is COc1ccc(OCc2nnc(SCCN3CCOCC3)n2-c2ccccc2F)cc1. The molecule has 1 aliphatic rings. The lowest BCUT2D eigenvalue weighted by atomic mass is 10.3. The number of hydrogen-bond acceptors (Lipinski definition) is 7. The molecule has 2 aromatic carbocycles. The highest BCUT2D eigenvalue weighted by Crippen LogP contribution is 2.25. The van der Waals surface area contributed by atoms with Crippen molar-refractivity contribution >= 4 is 11.8 Å². The van der Waals surface area contributed by atoms with Crippen LogP contribution in [-0.2, 0) is 11.3 Å². The third kappa shape index (κ3) is 5.55. The Morgan fingerprint density at radius 2 is 1.77 bits per heavy atom. The molecule has 1 aliphatic heterocycles. The predicted octanol–water partition coefficient (Wildman–Crippen LogP) is 3.42. The lowest BCUT2D eigenvalue weighted by molar-refractivity contribution is 0.0410. The number of aromatic nitrogens is 3. The highest BCUT2D eigenvalue weighted by Gasteiger charge is 2.18. The number of nitrogens with zero attached hydrogens (tertiary/aromatic N) is 4. The van der Waals surface area contributed by atoms with Crippen molar-refractivity contribution in [1.82, 2.24) is 19.7 Å². The van der Waals surface area contributed by atoms with Crippen LogP contribution < -0.4 is 9.47 Å². The van der Waals surface area contributed by atoms with E-state index in [4.69, 9.17) is 14.2 Å². The molecule has 164 valence electrons. The fourth-order valence-corrected chi connectivity index (χ4v) is 4.24. The van der Waals surface area contributed by atoms with Crippen LogP contribution >= 0.6 is 11.8 Å². The van der Waals surface area contributed by atoms with E-state index in [1.807, 2.05) is 24.3 Å².